The summed E-state index contributed by atoms with van der Waals surface area (Å²) in [4.78, 5) is 13.5. The molecule has 0 aliphatic rings. The average molecular weight is 177 g/mol. The van der Waals surface area contributed by atoms with E-state index < -0.39 is 0 Å². The van der Waals surface area contributed by atoms with Crippen LogP contribution in [0, 0.1) is 6.92 Å². The van der Waals surface area contributed by atoms with Gasteiger partial charge in [0.2, 0.25) is 0 Å². The lowest BCUT2D eigenvalue weighted by Gasteiger charge is -1.90. The van der Waals surface area contributed by atoms with Gasteiger partial charge in [-0.2, -0.15) is 0 Å². The van der Waals surface area contributed by atoms with Gasteiger partial charge < -0.3 is 0 Å². The van der Waals surface area contributed by atoms with Crippen LogP contribution in [-0.4, -0.2) is 15.0 Å². The first-order valence-electron chi connectivity index (χ1n) is 3.55. The van der Waals surface area contributed by atoms with Crippen molar-refractivity contribution < 1.29 is 0 Å². The molecule has 0 unspecified atom stereocenters. The monoisotopic (exact) mass is 177 g/mol. The van der Waals surface area contributed by atoms with E-state index in [4.69, 9.17) is 0 Å². The topological polar surface area (TPSA) is 38.7 Å². The number of hydrogen-bond acceptors (Lipinski definition) is 4. The Hall–Kier alpha value is -1.29. The maximum Gasteiger partial charge on any atom is 0.143 e. The van der Waals surface area contributed by atoms with Gasteiger partial charge in [-0.15, -0.1) is 11.3 Å². The van der Waals surface area contributed by atoms with Gasteiger partial charge >= 0.3 is 0 Å². The zero-order chi connectivity index (χ0) is 8.39. The second-order valence-electron chi connectivity index (χ2n) is 2.37. The van der Waals surface area contributed by atoms with E-state index in [1.165, 1.54) is 4.88 Å². The molecule has 0 atom stereocenters. The summed E-state index contributed by atoms with van der Waals surface area (Å²) >= 11 is 1.63. The first kappa shape index (κ1) is 7.36. The summed E-state index contributed by atoms with van der Waals surface area (Å²) in [7, 11) is 0. The Kier molecular flexibility index (Phi) is 1.83. The quantitative estimate of drug-likeness (QED) is 0.667. The molecule has 2 aromatic heterocycles. The molecular weight excluding hydrogens is 170 g/mol. The Labute approximate surface area is 74.2 Å². The number of aromatic nitrogens is 3. The third-order valence-electron chi connectivity index (χ3n) is 1.40. The maximum absolute atomic E-state index is 4.20. The van der Waals surface area contributed by atoms with Gasteiger partial charge in [0.1, 0.15) is 10.7 Å². The molecule has 12 heavy (non-hydrogen) atoms. The van der Waals surface area contributed by atoms with Crippen LogP contribution in [0.5, 0.6) is 0 Å². The largest absolute Gasteiger partial charge is 0.261 e. The normalized spacial score (nSPS) is 10.1. The molecule has 0 spiro atoms. The van der Waals surface area contributed by atoms with Gasteiger partial charge in [-0.1, -0.05) is 0 Å². The van der Waals surface area contributed by atoms with Crippen LogP contribution in [0.15, 0.2) is 24.8 Å². The molecule has 0 bridgehead atoms. The van der Waals surface area contributed by atoms with Crippen LogP contribution < -0.4 is 0 Å². The molecule has 0 saturated carbocycles. The van der Waals surface area contributed by atoms with Crippen LogP contribution >= 0.6 is 11.3 Å². The lowest BCUT2D eigenvalue weighted by molar-refractivity contribution is 1.19. The average Bonchev–Trinajstić information content (AvgIpc) is 2.54. The predicted molar refractivity (Wildman–Crippen MR) is 47.9 cm³/mol. The first-order valence-corrected chi connectivity index (χ1v) is 4.37. The fourth-order valence-corrected chi connectivity index (χ4v) is 1.61. The van der Waals surface area contributed by atoms with Gasteiger partial charge in [-0.05, 0) is 6.92 Å². The van der Waals surface area contributed by atoms with Crippen molar-refractivity contribution in [2.24, 2.45) is 0 Å². The summed E-state index contributed by atoms with van der Waals surface area (Å²) in [6, 6.07) is 0. The highest BCUT2D eigenvalue weighted by molar-refractivity contribution is 7.14. The summed E-state index contributed by atoms with van der Waals surface area (Å²) in [6.45, 7) is 2.03. The SMILES string of the molecule is Cc1cnc(-c2cnccn2)s1. The number of hydrogen-bond donors (Lipinski definition) is 0. The highest BCUT2D eigenvalue weighted by Gasteiger charge is 2.01. The van der Waals surface area contributed by atoms with Crippen molar-refractivity contribution >= 4 is 11.3 Å². The standard InChI is InChI=1S/C8H7N3S/c1-6-4-11-8(12-6)7-5-9-2-3-10-7/h2-5H,1H3. The number of rotatable bonds is 1. The summed E-state index contributed by atoms with van der Waals surface area (Å²) in [5.41, 5.74) is 0.843. The van der Waals surface area contributed by atoms with Crippen molar-refractivity contribution in [2.75, 3.05) is 0 Å². The smallest absolute Gasteiger partial charge is 0.143 e. The van der Waals surface area contributed by atoms with Crippen molar-refractivity contribution in [1.29, 1.82) is 0 Å². The van der Waals surface area contributed by atoms with Crippen molar-refractivity contribution in [2.45, 2.75) is 6.92 Å². The molecule has 0 N–H and O–H groups in total. The van der Waals surface area contributed by atoms with E-state index >= 15 is 0 Å². The molecule has 4 heteroatoms. The second kappa shape index (κ2) is 2.98. The molecule has 3 nitrogen and oxygen atoms in total. The van der Waals surface area contributed by atoms with Crippen molar-refractivity contribution in [3.05, 3.63) is 29.7 Å². The van der Waals surface area contributed by atoms with Gasteiger partial charge in [-0.25, -0.2) is 4.98 Å². The molecule has 0 fully saturated rings. The summed E-state index contributed by atoms with van der Waals surface area (Å²) < 4.78 is 0. The molecule has 0 amide bonds. The van der Waals surface area contributed by atoms with Gasteiger partial charge in [-0.3, -0.25) is 9.97 Å². The molecule has 0 saturated heterocycles. The lowest BCUT2D eigenvalue weighted by Crippen LogP contribution is -1.81. The van der Waals surface area contributed by atoms with E-state index in [1.807, 2.05) is 13.1 Å². The molecule has 0 aromatic carbocycles. The van der Waals surface area contributed by atoms with Gasteiger partial charge in [0.25, 0.3) is 0 Å². The van der Waals surface area contributed by atoms with E-state index in [2.05, 4.69) is 15.0 Å². The van der Waals surface area contributed by atoms with Crippen LogP contribution in [-0.2, 0) is 0 Å². The molecule has 2 rings (SSSR count). The zero-order valence-electron chi connectivity index (χ0n) is 6.56. The van der Waals surface area contributed by atoms with Crippen LogP contribution in [0.1, 0.15) is 4.88 Å². The minimum Gasteiger partial charge on any atom is -0.261 e. The van der Waals surface area contributed by atoms with E-state index in [1.54, 1.807) is 29.9 Å². The number of thiazole rings is 1. The Morgan fingerprint density at radius 2 is 2.08 bits per heavy atom. The lowest BCUT2D eigenvalue weighted by atomic mass is 10.5. The summed E-state index contributed by atoms with van der Waals surface area (Å²) in [5, 5.41) is 0.931. The molecule has 2 heterocycles. The molecule has 0 radical (unpaired) electrons. The minimum absolute atomic E-state index is 0.843. The summed E-state index contributed by atoms with van der Waals surface area (Å²) in [5.74, 6) is 0. The fraction of sp³-hybridized carbons (Fsp3) is 0.125. The van der Waals surface area contributed by atoms with Crippen LogP contribution in [0.4, 0.5) is 0 Å². The highest BCUT2D eigenvalue weighted by Crippen LogP contribution is 2.21. The van der Waals surface area contributed by atoms with Crippen molar-refractivity contribution in [3.8, 4) is 10.7 Å². The number of aryl methyl sites for hydroxylation is 1. The van der Waals surface area contributed by atoms with Gasteiger partial charge in [0.15, 0.2) is 0 Å². The van der Waals surface area contributed by atoms with Crippen molar-refractivity contribution in [3.63, 3.8) is 0 Å². The zero-order valence-corrected chi connectivity index (χ0v) is 7.38. The van der Waals surface area contributed by atoms with E-state index in [-0.39, 0.29) is 0 Å². The molecule has 0 aliphatic heterocycles. The maximum atomic E-state index is 4.20. The van der Waals surface area contributed by atoms with Crippen LogP contribution in [0.25, 0.3) is 10.7 Å². The minimum atomic E-state index is 0.843. The Morgan fingerprint density at radius 1 is 1.17 bits per heavy atom. The van der Waals surface area contributed by atoms with Gasteiger partial charge in [0, 0.05) is 23.5 Å². The Balaban J connectivity index is 2.45. The number of nitrogens with zero attached hydrogens (tertiary/aromatic N) is 3. The van der Waals surface area contributed by atoms with Gasteiger partial charge in [0.05, 0.1) is 6.20 Å². The molecular formula is C8H7N3S. The van der Waals surface area contributed by atoms with E-state index in [9.17, 15) is 0 Å². The summed E-state index contributed by atoms with van der Waals surface area (Å²) in [6.07, 6.45) is 6.89. The van der Waals surface area contributed by atoms with Crippen LogP contribution in [0.2, 0.25) is 0 Å². The van der Waals surface area contributed by atoms with E-state index in [0.29, 0.717) is 0 Å². The molecule has 2 aromatic rings. The third kappa shape index (κ3) is 1.33. The van der Waals surface area contributed by atoms with Crippen LogP contribution in [0.3, 0.4) is 0 Å². The Bertz CT molecular complexity index is 369. The molecule has 0 aliphatic carbocycles. The highest BCUT2D eigenvalue weighted by atomic mass is 32.1. The van der Waals surface area contributed by atoms with Crippen molar-refractivity contribution in [1.82, 2.24) is 15.0 Å². The predicted octanol–water partition coefficient (Wildman–Crippen LogP) is 1.91. The second-order valence-corrected chi connectivity index (χ2v) is 3.60. The van der Waals surface area contributed by atoms with E-state index in [0.717, 1.165) is 10.7 Å². The fourth-order valence-electron chi connectivity index (χ4n) is 0.883. The third-order valence-corrected chi connectivity index (χ3v) is 2.34. The molecule has 60 valence electrons. The first-order chi connectivity index (χ1) is 5.86. The Morgan fingerprint density at radius 3 is 2.67 bits per heavy atom.